The molecule has 0 spiro atoms. The maximum atomic E-state index is 13.6. The van der Waals surface area contributed by atoms with E-state index >= 15 is 0 Å². The van der Waals surface area contributed by atoms with E-state index in [2.05, 4.69) is 0 Å². The molecule has 0 atom stereocenters. The zero-order chi connectivity index (χ0) is 14.2. The van der Waals surface area contributed by atoms with Gasteiger partial charge in [0.2, 0.25) is 0 Å². The summed E-state index contributed by atoms with van der Waals surface area (Å²) in [7, 11) is 0. The Labute approximate surface area is 102 Å². The molecule has 0 amide bonds. The maximum Gasteiger partial charge on any atom is 0.435 e. The first-order valence-electron chi connectivity index (χ1n) is 4.52. The van der Waals surface area contributed by atoms with Crippen LogP contribution in [-0.4, -0.2) is 12.4 Å². The van der Waals surface area contributed by atoms with Gasteiger partial charge in [-0.2, -0.15) is 26.3 Å². The summed E-state index contributed by atoms with van der Waals surface area (Å²) in [6.07, 6.45) is -12.2. The molecule has 0 aliphatic carbocycles. The second-order valence-corrected chi connectivity index (χ2v) is 3.76. The minimum Gasteiger partial charge on any atom is -0.218 e. The molecule has 8 heteroatoms. The van der Waals surface area contributed by atoms with Gasteiger partial charge < -0.3 is 0 Å². The predicted molar refractivity (Wildman–Crippen MR) is 50.9 cm³/mol. The van der Waals surface area contributed by atoms with Crippen molar-refractivity contribution >= 4 is 11.6 Å². The van der Waals surface area contributed by atoms with Crippen LogP contribution >= 0.6 is 11.6 Å². The molecule has 0 aliphatic rings. The number of rotatable bonds is 2. The Morgan fingerprint density at radius 1 is 0.889 bits per heavy atom. The van der Waals surface area contributed by atoms with Gasteiger partial charge in [0.05, 0.1) is 0 Å². The number of halogens is 8. The Morgan fingerprint density at radius 3 is 1.78 bits per heavy atom. The van der Waals surface area contributed by atoms with Crippen LogP contribution in [0.1, 0.15) is 11.1 Å². The Balaban J connectivity index is 3.45. The smallest absolute Gasteiger partial charge is 0.218 e. The van der Waals surface area contributed by atoms with Crippen molar-refractivity contribution in [2.24, 2.45) is 0 Å². The zero-order valence-electron chi connectivity index (χ0n) is 8.54. The van der Waals surface area contributed by atoms with Gasteiger partial charge in [0.15, 0.2) is 0 Å². The number of hydrogen-bond acceptors (Lipinski definition) is 0. The molecule has 18 heavy (non-hydrogen) atoms. The van der Waals surface area contributed by atoms with Crippen LogP contribution < -0.4 is 0 Å². The molecule has 0 N–H and O–H groups in total. The lowest BCUT2D eigenvalue weighted by Gasteiger charge is -2.30. The Kier molecular flexibility index (Phi) is 3.86. The molecule has 0 saturated carbocycles. The highest BCUT2D eigenvalue weighted by atomic mass is 35.5. The van der Waals surface area contributed by atoms with Crippen LogP contribution in [0.2, 0.25) is 0 Å². The van der Waals surface area contributed by atoms with E-state index < -0.39 is 23.6 Å². The largest absolute Gasteiger partial charge is 0.435 e. The first-order chi connectivity index (χ1) is 8.04. The van der Waals surface area contributed by atoms with Gasteiger partial charge in [0, 0.05) is 11.4 Å². The highest BCUT2D eigenvalue weighted by Crippen LogP contribution is 2.53. The third-order valence-electron chi connectivity index (χ3n) is 2.26. The van der Waals surface area contributed by atoms with Crippen LogP contribution in [0.15, 0.2) is 24.3 Å². The van der Waals surface area contributed by atoms with Gasteiger partial charge in [-0.05, 0) is 5.56 Å². The van der Waals surface area contributed by atoms with Crippen molar-refractivity contribution in [3.63, 3.8) is 0 Å². The monoisotopic (exact) mass is 294 g/mol. The summed E-state index contributed by atoms with van der Waals surface area (Å²) < 4.78 is 87.9. The molecule has 0 nitrogen and oxygen atoms in total. The average molecular weight is 295 g/mol. The van der Waals surface area contributed by atoms with Crippen LogP contribution in [0.25, 0.3) is 0 Å². The van der Waals surface area contributed by atoms with Gasteiger partial charge in [0.1, 0.15) is 0 Å². The number of hydrogen-bond donors (Lipinski definition) is 0. The van der Waals surface area contributed by atoms with E-state index in [1.54, 1.807) is 0 Å². The van der Waals surface area contributed by atoms with Crippen LogP contribution in [0.4, 0.5) is 30.7 Å². The molecule has 0 unspecified atom stereocenters. The van der Waals surface area contributed by atoms with E-state index in [-0.39, 0.29) is 11.4 Å². The van der Waals surface area contributed by atoms with Gasteiger partial charge in [0.25, 0.3) is 0 Å². The highest BCUT2D eigenvalue weighted by molar-refractivity contribution is 6.17. The Morgan fingerprint density at radius 2 is 1.39 bits per heavy atom. The molecule has 1 aromatic rings. The molecule has 1 rings (SSSR count). The van der Waals surface area contributed by atoms with E-state index in [9.17, 15) is 30.7 Å². The first kappa shape index (κ1) is 15.1. The lowest BCUT2D eigenvalue weighted by Crippen LogP contribution is -2.50. The molecule has 0 heterocycles. The van der Waals surface area contributed by atoms with Crippen LogP contribution in [-0.2, 0) is 11.5 Å². The first-order valence-corrected chi connectivity index (χ1v) is 5.05. The predicted octanol–water partition coefficient (Wildman–Crippen LogP) is 4.71. The standard InChI is InChI=1S/C10H6ClF7/c11-5-6-2-1-3-7(4-6)8(12,9(13,14)15)10(16,17)18/h1-4H,5H2. The molecule has 102 valence electrons. The minimum absolute atomic E-state index is 0.0373. The molecule has 0 fully saturated rings. The second kappa shape index (κ2) is 4.60. The maximum absolute atomic E-state index is 13.6. The van der Waals surface area contributed by atoms with E-state index in [1.807, 2.05) is 0 Å². The fourth-order valence-corrected chi connectivity index (χ4v) is 1.52. The molecule has 0 saturated heterocycles. The van der Waals surface area contributed by atoms with Crippen LogP contribution in [0.3, 0.4) is 0 Å². The van der Waals surface area contributed by atoms with E-state index in [4.69, 9.17) is 11.6 Å². The molecule has 0 radical (unpaired) electrons. The van der Waals surface area contributed by atoms with Gasteiger partial charge in [-0.15, -0.1) is 11.6 Å². The van der Waals surface area contributed by atoms with Crippen LogP contribution in [0.5, 0.6) is 0 Å². The van der Waals surface area contributed by atoms with Crippen molar-refractivity contribution in [2.45, 2.75) is 23.9 Å². The van der Waals surface area contributed by atoms with E-state index in [1.165, 1.54) is 6.07 Å². The topological polar surface area (TPSA) is 0 Å². The summed E-state index contributed by atoms with van der Waals surface area (Å²) in [6.45, 7) is 0. The van der Waals surface area contributed by atoms with Crippen molar-refractivity contribution < 1.29 is 30.7 Å². The minimum atomic E-state index is -6.10. The van der Waals surface area contributed by atoms with Gasteiger partial charge >= 0.3 is 18.0 Å². The number of benzene rings is 1. The molecule has 0 aliphatic heterocycles. The van der Waals surface area contributed by atoms with Gasteiger partial charge in [-0.25, -0.2) is 4.39 Å². The molecular weight excluding hydrogens is 289 g/mol. The number of alkyl halides is 8. The molecule has 1 aromatic carbocycles. The SMILES string of the molecule is FC(F)(F)C(F)(c1cccc(CCl)c1)C(F)(F)F. The van der Waals surface area contributed by atoms with E-state index in [0.717, 1.165) is 6.07 Å². The molecule has 0 aromatic heterocycles. The summed E-state index contributed by atoms with van der Waals surface area (Å²) >= 11 is 5.29. The third-order valence-corrected chi connectivity index (χ3v) is 2.57. The normalized spacial score (nSPS) is 13.8. The molecular formula is C10H6ClF7. The van der Waals surface area contributed by atoms with Gasteiger partial charge in [-0.1, -0.05) is 24.3 Å². The highest BCUT2D eigenvalue weighted by Gasteiger charge is 2.73. The summed E-state index contributed by atoms with van der Waals surface area (Å²) in [5, 5.41) is 0. The average Bonchev–Trinajstić information content (AvgIpc) is 2.25. The molecule has 0 bridgehead atoms. The van der Waals surface area contributed by atoms with Crippen molar-refractivity contribution in [3.8, 4) is 0 Å². The quantitative estimate of drug-likeness (QED) is 0.547. The van der Waals surface area contributed by atoms with Crippen LogP contribution in [0, 0.1) is 0 Å². The van der Waals surface area contributed by atoms with E-state index in [0.29, 0.717) is 12.1 Å². The second-order valence-electron chi connectivity index (χ2n) is 3.49. The Hall–Kier alpha value is -0.980. The summed E-state index contributed by atoms with van der Waals surface area (Å²) in [5.41, 5.74) is -6.97. The zero-order valence-corrected chi connectivity index (χ0v) is 9.30. The van der Waals surface area contributed by atoms with Gasteiger partial charge in [-0.3, -0.25) is 0 Å². The summed E-state index contributed by atoms with van der Waals surface area (Å²) in [5.74, 6) is -0.320. The summed E-state index contributed by atoms with van der Waals surface area (Å²) in [4.78, 5) is 0. The van der Waals surface area contributed by atoms with Crippen molar-refractivity contribution in [1.29, 1.82) is 0 Å². The Bertz CT molecular complexity index is 407. The van der Waals surface area contributed by atoms with Crippen molar-refractivity contribution in [3.05, 3.63) is 35.4 Å². The fraction of sp³-hybridized carbons (Fsp3) is 0.400. The summed E-state index contributed by atoms with van der Waals surface area (Å²) in [6, 6.07) is 2.97. The third kappa shape index (κ3) is 2.41. The lowest BCUT2D eigenvalue weighted by molar-refractivity contribution is -0.348. The lowest BCUT2D eigenvalue weighted by atomic mass is 9.93. The van der Waals surface area contributed by atoms with Crippen molar-refractivity contribution in [2.75, 3.05) is 0 Å². The fourth-order valence-electron chi connectivity index (χ4n) is 1.36. The van der Waals surface area contributed by atoms with Crippen molar-refractivity contribution in [1.82, 2.24) is 0 Å².